The lowest BCUT2D eigenvalue weighted by Crippen LogP contribution is -2.57. The molecule has 124 valence electrons. The number of ether oxygens (including phenoxy) is 1. The molecule has 1 aromatic heterocycles. The number of morpholine rings is 1. The molecular weight excluding hydrogens is 300 g/mol. The van der Waals surface area contributed by atoms with Gasteiger partial charge in [-0.3, -0.25) is 4.90 Å². The number of urea groups is 1. The fourth-order valence-electron chi connectivity index (χ4n) is 2.56. The molecule has 2 amide bonds. The molecule has 0 saturated carbocycles. The van der Waals surface area contributed by atoms with E-state index in [2.05, 4.69) is 34.4 Å². The number of carbonyl (C=O) groups excluding carboxylic acids is 1. The number of nitrogens with zero attached hydrogens (tertiary/aromatic N) is 2. The fourth-order valence-corrected chi connectivity index (χ4v) is 3.17. The molecule has 22 heavy (non-hydrogen) atoms. The molecule has 6 nitrogen and oxygen atoms in total. The highest BCUT2D eigenvalue weighted by atomic mass is 32.1. The Hall–Kier alpha value is -1.18. The van der Waals surface area contributed by atoms with Crippen LogP contribution >= 0.6 is 11.3 Å². The zero-order valence-electron chi connectivity index (χ0n) is 13.6. The predicted octanol–water partition coefficient (Wildman–Crippen LogP) is 1.75. The minimum Gasteiger partial charge on any atom is -0.379 e. The second kappa shape index (κ2) is 7.89. The third-order valence-corrected chi connectivity index (χ3v) is 5.08. The van der Waals surface area contributed by atoms with Crippen LogP contribution < -0.4 is 10.6 Å². The van der Waals surface area contributed by atoms with Gasteiger partial charge in [0.25, 0.3) is 0 Å². The van der Waals surface area contributed by atoms with E-state index in [-0.39, 0.29) is 11.6 Å². The van der Waals surface area contributed by atoms with Crippen molar-refractivity contribution in [2.75, 3.05) is 32.8 Å². The van der Waals surface area contributed by atoms with Crippen LogP contribution in [0.4, 0.5) is 4.79 Å². The van der Waals surface area contributed by atoms with E-state index in [1.165, 1.54) is 0 Å². The van der Waals surface area contributed by atoms with Crippen LogP contribution in [-0.4, -0.2) is 54.3 Å². The van der Waals surface area contributed by atoms with E-state index in [0.29, 0.717) is 13.1 Å². The minimum absolute atomic E-state index is 0.0294. The average Bonchev–Trinajstić information content (AvgIpc) is 2.97. The molecule has 0 aliphatic carbocycles. The van der Waals surface area contributed by atoms with Gasteiger partial charge in [0, 0.05) is 30.6 Å². The number of hydrogen-bond acceptors (Lipinski definition) is 5. The number of nitrogens with one attached hydrogen (secondary N) is 2. The van der Waals surface area contributed by atoms with Gasteiger partial charge in [0.05, 0.1) is 30.5 Å². The van der Waals surface area contributed by atoms with Crippen molar-refractivity contribution >= 4 is 17.4 Å². The highest BCUT2D eigenvalue weighted by Gasteiger charge is 2.31. The van der Waals surface area contributed by atoms with Gasteiger partial charge in [-0.15, -0.1) is 11.3 Å². The first-order valence-electron chi connectivity index (χ1n) is 7.79. The molecule has 1 saturated heterocycles. The summed E-state index contributed by atoms with van der Waals surface area (Å²) in [4.78, 5) is 18.7. The van der Waals surface area contributed by atoms with E-state index < -0.39 is 0 Å². The van der Waals surface area contributed by atoms with Crippen LogP contribution in [0.2, 0.25) is 0 Å². The highest BCUT2D eigenvalue weighted by Crippen LogP contribution is 2.19. The summed E-state index contributed by atoms with van der Waals surface area (Å²) in [6, 6.07) is -0.140. The average molecular weight is 326 g/mol. The fraction of sp³-hybridized carbons (Fsp3) is 0.733. The Balaban J connectivity index is 1.77. The van der Waals surface area contributed by atoms with Crippen LogP contribution in [0.5, 0.6) is 0 Å². The van der Waals surface area contributed by atoms with Crippen molar-refractivity contribution in [3.63, 3.8) is 0 Å². The van der Waals surface area contributed by atoms with Crippen LogP contribution in [0.15, 0.2) is 5.38 Å². The second-order valence-electron chi connectivity index (χ2n) is 5.84. The van der Waals surface area contributed by atoms with Crippen molar-refractivity contribution in [1.82, 2.24) is 20.5 Å². The van der Waals surface area contributed by atoms with Gasteiger partial charge in [-0.05, 0) is 20.3 Å². The van der Waals surface area contributed by atoms with Crippen LogP contribution in [0.3, 0.4) is 0 Å². The Morgan fingerprint density at radius 3 is 2.77 bits per heavy atom. The van der Waals surface area contributed by atoms with Gasteiger partial charge in [0.15, 0.2) is 0 Å². The summed E-state index contributed by atoms with van der Waals surface area (Å²) in [6.07, 6.45) is 0.985. The van der Waals surface area contributed by atoms with Crippen molar-refractivity contribution in [2.45, 2.75) is 39.3 Å². The third kappa shape index (κ3) is 4.66. The number of hydrogen-bond donors (Lipinski definition) is 2. The summed E-state index contributed by atoms with van der Waals surface area (Å²) in [6.45, 7) is 10.8. The maximum atomic E-state index is 12.0. The number of carbonyl (C=O) groups is 1. The monoisotopic (exact) mass is 326 g/mol. The van der Waals surface area contributed by atoms with E-state index in [0.717, 1.165) is 43.4 Å². The molecule has 2 rings (SSSR count). The Labute approximate surface area is 136 Å². The third-order valence-electron chi connectivity index (χ3n) is 4.26. The molecular formula is C15H26N4O2S. The summed E-state index contributed by atoms with van der Waals surface area (Å²) in [5.74, 6) is 0. The van der Waals surface area contributed by atoms with Crippen molar-refractivity contribution in [3.05, 3.63) is 16.1 Å². The maximum Gasteiger partial charge on any atom is 0.315 e. The highest BCUT2D eigenvalue weighted by molar-refractivity contribution is 7.09. The quantitative estimate of drug-likeness (QED) is 0.836. The molecule has 0 spiro atoms. The van der Waals surface area contributed by atoms with Gasteiger partial charge in [-0.2, -0.15) is 0 Å². The lowest BCUT2D eigenvalue weighted by atomic mass is 9.95. The van der Waals surface area contributed by atoms with Crippen LogP contribution in [0, 0.1) is 6.92 Å². The molecule has 0 aromatic carbocycles. The second-order valence-corrected chi connectivity index (χ2v) is 6.91. The van der Waals surface area contributed by atoms with Crippen molar-refractivity contribution in [1.29, 1.82) is 0 Å². The Bertz CT molecular complexity index is 488. The van der Waals surface area contributed by atoms with Crippen molar-refractivity contribution in [2.24, 2.45) is 0 Å². The SMILES string of the molecule is CC[C@](C)(CNC(=O)NCc1csc(C)n1)N1CCOCC1. The van der Waals surface area contributed by atoms with Crippen LogP contribution in [0.1, 0.15) is 31.0 Å². The minimum atomic E-state index is -0.140. The standard InChI is InChI=1S/C15H26N4O2S/c1-4-15(3,19-5-7-21-8-6-19)11-17-14(20)16-9-13-10-22-12(2)18-13/h10H,4-9,11H2,1-3H3,(H2,16,17,20)/t15-/m1/s1. The van der Waals surface area contributed by atoms with Gasteiger partial charge in [0.2, 0.25) is 0 Å². The van der Waals surface area contributed by atoms with E-state index in [9.17, 15) is 4.79 Å². The number of amides is 2. The Kier molecular flexibility index (Phi) is 6.16. The number of aryl methyl sites for hydroxylation is 1. The Morgan fingerprint density at radius 1 is 1.45 bits per heavy atom. The Morgan fingerprint density at radius 2 is 2.18 bits per heavy atom. The maximum absolute atomic E-state index is 12.0. The van der Waals surface area contributed by atoms with Gasteiger partial charge < -0.3 is 15.4 Å². The summed E-state index contributed by atoms with van der Waals surface area (Å²) < 4.78 is 5.41. The van der Waals surface area contributed by atoms with E-state index in [1.807, 2.05) is 12.3 Å². The molecule has 0 radical (unpaired) electrons. The molecule has 1 aliphatic rings. The normalized spacial score (nSPS) is 18.7. The summed E-state index contributed by atoms with van der Waals surface area (Å²) >= 11 is 1.59. The first-order chi connectivity index (χ1) is 10.5. The molecule has 1 aliphatic heterocycles. The number of aromatic nitrogens is 1. The summed E-state index contributed by atoms with van der Waals surface area (Å²) in [5.41, 5.74) is 0.877. The van der Waals surface area contributed by atoms with E-state index in [4.69, 9.17) is 4.74 Å². The number of thiazole rings is 1. The molecule has 1 atom stereocenters. The van der Waals surface area contributed by atoms with Gasteiger partial charge in [-0.1, -0.05) is 6.92 Å². The van der Waals surface area contributed by atoms with E-state index >= 15 is 0 Å². The molecule has 1 fully saturated rings. The predicted molar refractivity (Wildman–Crippen MR) is 88.2 cm³/mol. The van der Waals surface area contributed by atoms with E-state index in [1.54, 1.807) is 11.3 Å². The molecule has 2 heterocycles. The summed E-state index contributed by atoms with van der Waals surface area (Å²) in [7, 11) is 0. The zero-order valence-corrected chi connectivity index (χ0v) is 14.5. The van der Waals surface area contributed by atoms with Gasteiger partial charge in [-0.25, -0.2) is 9.78 Å². The largest absolute Gasteiger partial charge is 0.379 e. The lowest BCUT2D eigenvalue weighted by molar-refractivity contribution is -0.0165. The summed E-state index contributed by atoms with van der Waals surface area (Å²) in [5, 5.41) is 8.84. The molecule has 7 heteroatoms. The molecule has 0 bridgehead atoms. The first kappa shape index (κ1) is 17.2. The number of rotatable bonds is 6. The van der Waals surface area contributed by atoms with Crippen LogP contribution in [-0.2, 0) is 11.3 Å². The van der Waals surface area contributed by atoms with Crippen molar-refractivity contribution in [3.8, 4) is 0 Å². The lowest BCUT2D eigenvalue weighted by Gasteiger charge is -2.43. The van der Waals surface area contributed by atoms with Crippen LogP contribution in [0.25, 0.3) is 0 Å². The van der Waals surface area contributed by atoms with Gasteiger partial charge >= 0.3 is 6.03 Å². The topological polar surface area (TPSA) is 66.5 Å². The zero-order chi connectivity index (χ0) is 16.0. The van der Waals surface area contributed by atoms with Crippen molar-refractivity contribution < 1.29 is 9.53 Å². The first-order valence-corrected chi connectivity index (χ1v) is 8.67. The smallest absolute Gasteiger partial charge is 0.315 e. The van der Waals surface area contributed by atoms with Gasteiger partial charge in [0.1, 0.15) is 0 Å². The molecule has 2 N–H and O–H groups in total. The molecule has 0 unspecified atom stereocenters. The molecule has 1 aromatic rings.